The molecule has 0 aromatic heterocycles. The molecule has 16 heavy (non-hydrogen) atoms. The van der Waals surface area contributed by atoms with Gasteiger partial charge < -0.3 is 4.80 Å². The molecule has 0 saturated carbocycles. The predicted octanol–water partition coefficient (Wildman–Crippen LogP) is 3.02. The van der Waals surface area contributed by atoms with Crippen LogP contribution in [0.1, 0.15) is 13.8 Å². The van der Waals surface area contributed by atoms with E-state index >= 15 is 0 Å². The monoisotopic (exact) mass is 230 g/mol. The van der Waals surface area contributed by atoms with Gasteiger partial charge in [-0.3, -0.25) is 0 Å². The lowest BCUT2D eigenvalue weighted by atomic mass is 10.1. The van der Waals surface area contributed by atoms with Gasteiger partial charge in [0.2, 0.25) is 8.32 Å². The van der Waals surface area contributed by atoms with Gasteiger partial charge in [-0.15, -0.1) is 0 Å². The van der Waals surface area contributed by atoms with Crippen LogP contribution >= 0.6 is 0 Å². The summed E-state index contributed by atoms with van der Waals surface area (Å²) >= 11 is 0. The first-order valence-corrected chi connectivity index (χ1v) is 8.28. The van der Waals surface area contributed by atoms with E-state index < -0.39 is 8.32 Å². The fourth-order valence-corrected chi connectivity index (χ4v) is 4.66. The quantitative estimate of drug-likeness (QED) is 0.804. The molecule has 0 aliphatic rings. The summed E-state index contributed by atoms with van der Waals surface area (Å²) in [6.45, 7) is 4.19. The molecule has 0 atom stereocenters. The Labute approximate surface area is 97.9 Å². The van der Waals surface area contributed by atoms with Crippen LogP contribution in [0.2, 0.25) is 12.1 Å². The molecular formula is C14H18OSi. The maximum Gasteiger partial charge on any atom is 0.220 e. The van der Waals surface area contributed by atoms with Gasteiger partial charge in [0.1, 0.15) is 0 Å². The molecule has 0 aliphatic carbocycles. The third kappa shape index (κ3) is 1.79. The molecule has 0 bridgehead atoms. The zero-order chi connectivity index (χ0) is 11.6. The molecule has 0 radical (unpaired) electrons. The molecule has 2 aromatic carbocycles. The molecule has 0 aliphatic heterocycles. The van der Waals surface area contributed by atoms with E-state index in [1.165, 1.54) is 16.0 Å². The van der Waals surface area contributed by atoms with Crippen LogP contribution in [0, 0.1) is 0 Å². The van der Waals surface area contributed by atoms with E-state index in [0.717, 1.165) is 12.1 Å². The highest BCUT2D eigenvalue weighted by molar-refractivity contribution is 6.87. The summed E-state index contributed by atoms with van der Waals surface area (Å²) in [5, 5.41) is 3.64. The maximum atomic E-state index is 10.7. The molecule has 84 valence electrons. The first-order chi connectivity index (χ1) is 7.71. The lowest BCUT2D eigenvalue weighted by Crippen LogP contribution is -2.47. The van der Waals surface area contributed by atoms with Crippen LogP contribution in [0.15, 0.2) is 42.5 Å². The van der Waals surface area contributed by atoms with Crippen molar-refractivity contribution < 1.29 is 4.80 Å². The number of fused-ring (bicyclic) bond motifs is 1. The van der Waals surface area contributed by atoms with Gasteiger partial charge in [0, 0.05) is 0 Å². The van der Waals surface area contributed by atoms with Crippen molar-refractivity contribution in [1.82, 2.24) is 0 Å². The van der Waals surface area contributed by atoms with Crippen LogP contribution in [0.5, 0.6) is 0 Å². The van der Waals surface area contributed by atoms with E-state index in [4.69, 9.17) is 0 Å². The molecule has 0 fully saturated rings. The molecule has 2 rings (SSSR count). The van der Waals surface area contributed by atoms with Crippen molar-refractivity contribution in [3.05, 3.63) is 42.5 Å². The minimum Gasteiger partial charge on any atom is -0.427 e. The van der Waals surface area contributed by atoms with Crippen molar-refractivity contribution >= 4 is 24.3 Å². The van der Waals surface area contributed by atoms with Crippen molar-refractivity contribution in [3.8, 4) is 0 Å². The van der Waals surface area contributed by atoms with Gasteiger partial charge in [0.05, 0.1) is 0 Å². The molecule has 0 saturated heterocycles. The molecule has 0 amide bonds. The van der Waals surface area contributed by atoms with E-state index in [1.54, 1.807) is 0 Å². The Hall–Kier alpha value is -1.12. The Morgan fingerprint density at radius 1 is 0.938 bits per heavy atom. The summed E-state index contributed by atoms with van der Waals surface area (Å²) in [6.07, 6.45) is 0. The minimum atomic E-state index is -2.24. The van der Waals surface area contributed by atoms with Gasteiger partial charge in [0.25, 0.3) is 0 Å². The summed E-state index contributed by atoms with van der Waals surface area (Å²) in [6, 6.07) is 16.4. The zero-order valence-corrected chi connectivity index (χ0v) is 10.9. The predicted molar refractivity (Wildman–Crippen MR) is 72.5 cm³/mol. The van der Waals surface area contributed by atoms with Gasteiger partial charge in [-0.25, -0.2) is 0 Å². The topological polar surface area (TPSA) is 20.2 Å². The third-order valence-electron chi connectivity index (χ3n) is 3.46. The lowest BCUT2D eigenvalue weighted by molar-refractivity contribution is 0.550. The van der Waals surface area contributed by atoms with E-state index in [2.05, 4.69) is 44.2 Å². The Kier molecular flexibility index (Phi) is 3.12. The first-order valence-electron chi connectivity index (χ1n) is 5.92. The van der Waals surface area contributed by atoms with Gasteiger partial charge in [-0.05, 0) is 28.0 Å². The van der Waals surface area contributed by atoms with Crippen molar-refractivity contribution in [2.45, 2.75) is 25.9 Å². The Bertz CT molecular complexity index is 484. The van der Waals surface area contributed by atoms with Crippen LogP contribution in [-0.4, -0.2) is 13.1 Å². The second kappa shape index (κ2) is 4.40. The van der Waals surface area contributed by atoms with Crippen LogP contribution in [0.3, 0.4) is 0 Å². The highest BCUT2D eigenvalue weighted by atomic mass is 28.4. The summed E-state index contributed by atoms with van der Waals surface area (Å²) in [7, 11) is -2.24. The summed E-state index contributed by atoms with van der Waals surface area (Å²) in [4.78, 5) is 10.7. The van der Waals surface area contributed by atoms with Gasteiger partial charge >= 0.3 is 0 Å². The average molecular weight is 230 g/mol. The van der Waals surface area contributed by atoms with Crippen LogP contribution < -0.4 is 5.19 Å². The summed E-state index contributed by atoms with van der Waals surface area (Å²) < 4.78 is 0. The van der Waals surface area contributed by atoms with Gasteiger partial charge in [-0.1, -0.05) is 56.3 Å². The van der Waals surface area contributed by atoms with E-state index in [-0.39, 0.29) is 0 Å². The van der Waals surface area contributed by atoms with E-state index in [0.29, 0.717) is 0 Å². The fraction of sp³-hybridized carbons (Fsp3) is 0.286. The van der Waals surface area contributed by atoms with Crippen LogP contribution in [0.25, 0.3) is 10.8 Å². The fourth-order valence-electron chi connectivity index (χ4n) is 2.26. The molecule has 1 N–H and O–H groups in total. The second-order valence-corrected chi connectivity index (χ2v) is 8.28. The highest BCUT2D eigenvalue weighted by Crippen LogP contribution is 2.18. The Morgan fingerprint density at radius 2 is 1.56 bits per heavy atom. The average Bonchev–Trinajstić information content (AvgIpc) is 2.37. The minimum absolute atomic E-state index is 0.886. The first kappa shape index (κ1) is 11.4. The normalized spacial score (nSPS) is 11.9. The molecule has 0 heterocycles. The maximum absolute atomic E-state index is 10.7. The number of hydrogen-bond donors (Lipinski definition) is 1. The van der Waals surface area contributed by atoms with Crippen LogP contribution in [0.4, 0.5) is 0 Å². The summed E-state index contributed by atoms with van der Waals surface area (Å²) in [5.74, 6) is 0. The molecule has 2 heteroatoms. The largest absolute Gasteiger partial charge is 0.427 e. The zero-order valence-electron chi connectivity index (χ0n) is 9.90. The van der Waals surface area contributed by atoms with Crippen molar-refractivity contribution in [1.29, 1.82) is 0 Å². The molecule has 0 unspecified atom stereocenters. The highest BCUT2D eigenvalue weighted by Gasteiger charge is 2.30. The van der Waals surface area contributed by atoms with Gasteiger partial charge in [-0.2, -0.15) is 0 Å². The number of rotatable bonds is 3. The van der Waals surface area contributed by atoms with Crippen molar-refractivity contribution in [2.24, 2.45) is 0 Å². The third-order valence-corrected chi connectivity index (χ3v) is 7.24. The molecule has 0 spiro atoms. The van der Waals surface area contributed by atoms with Crippen molar-refractivity contribution in [2.75, 3.05) is 0 Å². The van der Waals surface area contributed by atoms with E-state index in [9.17, 15) is 4.80 Å². The number of benzene rings is 2. The van der Waals surface area contributed by atoms with Gasteiger partial charge in [0.15, 0.2) is 0 Å². The lowest BCUT2D eigenvalue weighted by Gasteiger charge is -2.24. The molecular weight excluding hydrogens is 212 g/mol. The van der Waals surface area contributed by atoms with Crippen LogP contribution in [-0.2, 0) is 0 Å². The molecule has 2 aromatic rings. The second-order valence-electron chi connectivity index (χ2n) is 4.27. The Balaban J connectivity index is 2.69. The Morgan fingerprint density at radius 3 is 2.25 bits per heavy atom. The SMILES string of the molecule is CC[Si](O)(CC)c1cccc2ccccc12. The molecule has 1 nitrogen and oxygen atoms in total. The standard InChI is InChI=1S/C14H18OSi/c1-3-16(15,4-2)14-11-7-9-12-8-5-6-10-13(12)14/h5-11,15H,3-4H2,1-2H3. The van der Waals surface area contributed by atoms with Crippen molar-refractivity contribution in [3.63, 3.8) is 0 Å². The van der Waals surface area contributed by atoms with E-state index in [1.807, 2.05) is 12.1 Å². The summed E-state index contributed by atoms with van der Waals surface area (Å²) in [5.41, 5.74) is 0. The smallest absolute Gasteiger partial charge is 0.220 e. The number of hydrogen-bond acceptors (Lipinski definition) is 1.